The Bertz CT molecular complexity index is 446. The molecule has 2 aromatic heterocycles. The lowest BCUT2D eigenvalue weighted by Gasteiger charge is -2.11. The highest BCUT2D eigenvalue weighted by atomic mass is 19.4. The molecule has 77 valence electrons. The summed E-state index contributed by atoms with van der Waals surface area (Å²) in [5.74, 6) is -0.133. The van der Waals surface area contributed by atoms with Crippen LogP contribution in [0.15, 0.2) is 36.8 Å². The van der Waals surface area contributed by atoms with Crippen molar-refractivity contribution in [2.24, 2.45) is 0 Å². The third-order valence-corrected chi connectivity index (χ3v) is 1.88. The molecule has 0 bridgehead atoms. The van der Waals surface area contributed by atoms with Gasteiger partial charge >= 0.3 is 6.18 Å². The van der Waals surface area contributed by atoms with Gasteiger partial charge in [-0.2, -0.15) is 13.2 Å². The number of alkyl halides is 3. The van der Waals surface area contributed by atoms with Gasteiger partial charge in [-0.15, -0.1) is 0 Å². The molecule has 0 aliphatic carbocycles. The van der Waals surface area contributed by atoms with Gasteiger partial charge in [-0.05, 0) is 18.2 Å². The van der Waals surface area contributed by atoms with Crippen LogP contribution in [0.1, 0.15) is 5.56 Å². The van der Waals surface area contributed by atoms with Gasteiger partial charge < -0.3 is 4.57 Å². The first-order chi connectivity index (χ1) is 7.09. The van der Waals surface area contributed by atoms with E-state index in [2.05, 4.69) is 11.1 Å². The molecule has 0 atom stereocenters. The van der Waals surface area contributed by atoms with E-state index in [9.17, 15) is 13.2 Å². The van der Waals surface area contributed by atoms with Gasteiger partial charge in [-0.1, -0.05) is 0 Å². The van der Waals surface area contributed by atoms with Crippen molar-refractivity contribution in [3.05, 3.63) is 48.4 Å². The van der Waals surface area contributed by atoms with Crippen molar-refractivity contribution in [1.29, 1.82) is 0 Å². The standard InChI is InChI=1S/C10H6F3N2/c11-10(12,13)8-4-3-5-14-9(8)15-6-1-2-7-15/h1-2,4-7H. The molecule has 2 heterocycles. The summed E-state index contributed by atoms with van der Waals surface area (Å²) in [6, 6.07) is 6.49. The first-order valence-electron chi connectivity index (χ1n) is 4.15. The molecule has 1 radical (unpaired) electrons. The summed E-state index contributed by atoms with van der Waals surface area (Å²) in [5.41, 5.74) is -0.791. The van der Waals surface area contributed by atoms with Gasteiger partial charge in [-0.3, -0.25) is 0 Å². The zero-order valence-electron chi connectivity index (χ0n) is 7.49. The van der Waals surface area contributed by atoms with Crippen LogP contribution in [0, 0.1) is 6.07 Å². The fourth-order valence-corrected chi connectivity index (χ4v) is 1.24. The van der Waals surface area contributed by atoms with Gasteiger partial charge in [0.2, 0.25) is 0 Å². The Kier molecular flexibility index (Phi) is 2.22. The van der Waals surface area contributed by atoms with Crippen LogP contribution in [0.3, 0.4) is 0 Å². The summed E-state index contributed by atoms with van der Waals surface area (Å²) in [4.78, 5) is 3.68. The molecular weight excluding hydrogens is 205 g/mol. The lowest BCUT2D eigenvalue weighted by Crippen LogP contribution is -2.11. The molecule has 15 heavy (non-hydrogen) atoms. The average molecular weight is 211 g/mol. The number of hydrogen-bond donors (Lipinski definition) is 0. The Morgan fingerprint density at radius 1 is 1.20 bits per heavy atom. The molecule has 0 aromatic carbocycles. The zero-order chi connectivity index (χ0) is 10.9. The van der Waals surface area contributed by atoms with Crippen molar-refractivity contribution in [3.8, 4) is 5.82 Å². The molecule has 0 saturated carbocycles. The molecule has 2 aromatic rings. The zero-order valence-corrected chi connectivity index (χ0v) is 7.49. The molecule has 0 aliphatic rings. The predicted octanol–water partition coefficient (Wildman–Crippen LogP) is 2.69. The average Bonchev–Trinajstić information content (AvgIpc) is 2.69. The summed E-state index contributed by atoms with van der Waals surface area (Å²) in [7, 11) is 0. The number of rotatable bonds is 1. The minimum atomic E-state index is -4.41. The van der Waals surface area contributed by atoms with E-state index in [1.807, 2.05) is 0 Å². The van der Waals surface area contributed by atoms with Gasteiger partial charge in [0.1, 0.15) is 5.82 Å². The topological polar surface area (TPSA) is 17.8 Å². The van der Waals surface area contributed by atoms with Gasteiger partial charge in [0.25, 0.3) is 0 Å². The van der Waals surface area contributed by atoms with Crippen LogP contribution in [0.2, 0.25) is 0 Å². The molecule has 0 fully saturated rings. The van der Waals surface area contributed by atoms with Crippen LogP contribution in [0.4, 0.5) is 13.2 Å². The largest absolute Gasteiger partial charge is 0.420 e. The van der Waals surface area contributed by atoms with E-state index in [0.29, 0.717) is 0 Å². The van der Waals surface area contributed by atoms with E-state index < -0.39 is 11.7 Å². The van der Waals surface area contributed by atoms with Gasteiger partial charge in [-0.25, -0.2) is 4.98 Å². The first kappa shape index (κ1) is 9.76. The minimum absolute atomic E-state index is 0.133. The quantitative estimate of drug-likeness (QED) is 0.709. The van der Waals surface area contributed by atoms with Crippen LogP contribution in [0.5, 0.6) is 0 Å². The Morgan fingerprint density at radius 2 is 1.87 bits per heavy atom. The van der Waals surface area contributed by atoms with Gasteiger partial charge in [0.15, 0.2) is 0 Å². The summed E-state index contributed by atoms with van der Waals surface area (Å²) in [5, 5.41) is 0. The highest BCUT2D eigenvalue weighted by molar-refractivity contribution is 5.35. The lowest BCUT2D eigenvalue weighted by atomic mass is 10.2. The minimum Gasteiger partial charge on any atom is -0.308 e. The number of nitrogens with zero attached hydrogens (tertiary/aromatic N) is 2. The lowest BCUT2D eigenvalue weighted by molar-refractivity contribution is -0.137. The van der Waals surface area contributed by atoms with Crippen LogP contribution in [-0.4, -0.2) is 9.55 Å². The molecule has 0 amide bonds. The summed E-state index contributed by atoms with van der Waals surface area (Å²) in [6.07, 6.45) is -0.177. The predicted molar refractivity (Wildman–Crippen MR) is 47.4 cm³/mol. The smallest absolute Gasteiger partial charge is 0.308 e. The van der Waals surface area contributed by atoms with E-state index in [1.165, 1.54) is 23.2 Å². The van der Waals surface area contributed by atoms with E-state index in [0.717, 1.165) is 6.07 Å². The maximum atomic E-state index is 12.6. The fraction of sp³-hybridized carbons (Fsp3) is 0.100. The Hall–Kier alpha value is -1.78. The number of pyridine rings is 1. The molecule has 0 saturated heterocycles. The van der Waals surface area contributed by atoms with Gasteiger partial charge in [0.05, 0.1) is 5.56 Å². The van der Waals surface area contributed by atoms with Crippen molar-refractivity contribution in [1.82, 2.24) is 9.55 Å². The van der Waals surface area contributed by atoms with E-state index in [-0.39, 0.29) is 5.82 Å². The second-order valence-corrected chi connectivity index (χ2v) is 2.89. The van der Waals surface area contributed by atoms with E-state index in [1.54, 1.807) is 12.1 Å². The van der Waals surface area contributed by atoms with Crippen molar-refractivity contribution >= 4 is 0 Å². The summed E-state index contributed by atoms with van der Waals surface area (Å²) >= 11 is 0. The SMILES string of the molecule is FC(F)(F)c1c[c]cnc1-n1cccc1. The summed E-state index contributed by atoms with van der Waals surface area (Å²) in [6.45, 7) is 0. The van der Waals surface area contributed by atoms with Crippen molar-refractivity contribution in [2.45, 2.75) is 6.18 Å². The monoisotopic (exact) mass is 211 g/mol. The Balaban J connectivity index is 2.58. The second-order valence-electron chi connectivity index (χ2n) is 2.89. The van der Waals surface area contributed by atoms with E-state index in [4.69, 9.17) is 0 Å². The van der Waals surface area contributed by atoms with E-state index >= 15 is 0 Å². The number of hydrogen-bond acceptors (Lipinski definition) is 1. The van der Waals surface area contributed by atoms with Crippen molar-refractivity contribution in [2.75, 3.05) is 0 Å². The molecule has 0 aliphatic heterocycles. The number of halogens is 3. The third-order valence-electron chi connectivity index (χ3n) is 1.88. The maximum absolute atomic E-state index is 12.6. The molecule has 0 N–H and O–H groups in total. The molecule has 0 spiro atoms. The molecular formula is C10H6F3N2. The van der Waals surface area contributed by atoms with Crippen LogP contribution in [-0.2, 0) is 6.18 Å². The van der Waals surface area contributed by atoms with Crippen LogP contribution < -0.4 is 0 Å². The normalized spacial score (nSPS) is 11.7. The molecule has 0 unspecified atom stereocenters. The first-order valence-corrected chi connectivity index (χ1v) is 4.15. The molecule has 2 nitrogen and oxygen atoms in total. The fourth-order valence-electron chi connectivity index (χ4n) is 1.24. The highest BCUT2D eigenvalue weighted by Crippen LogP contribution is 2.32. The van der Waals surface area contributed by atoms with Crippen LogP contribution >= 0.6 is 0 Å². The second kappa shape index (κ2) is 3.42. The Morgan fingerprint density at radius 3 is 2.47 bits per heavy atom. The highest BCUT2D eigenvalue weighted by Gasteiger charge is 2.34. The third kappa shape index (κ3) is 1.86. The molecule has 5 heteroatoms. The summed E-state index contributed by atoms with van der Waals surface area (Å²) < 4.78 is 39.0. The molecule has 2 rings (SSSR count). The number of aromatic nitrogens is 2. The van der Waals surface area contributed by atoms with Crippen LogP contribution in [0.25, 0.3) is 5.82 Å². The Labute approximate surface area is 84.0 Å². The van der Waals surface area contributed by atoms with Crippen molar-refractivity contribution in [3.63, 3.8) is 0 Å². The van der Waals surface area contributed by atoms with Gasteiger partial charge in [0, 0.05) is 24.7 Å². The maximum Gasteiger partial charge on any atom is 0.420 e. The van der Waals surface area contributed by atoms with Crippen molar-refractivity contribution < 1.29 is 13.2 Å².